The van der Waals surface area contributed by atoms with Gasteiger partial charge < -0.3 is 15.8 Å². The Labute approximate surface area is 123 Å². The number of nitrogens with one attached hydrogen (secondary N) is 1. The molecule has 0 bridgehead atoms. The van der Waals surface area contributed by atoms with Crippen LogP contribution in [-0.4, -0.2) is 17.5 Å². The predicted molar refractivity (Wildman–Crippen MR) is 75.5 cm³/mol. The topological polar surface area (TPSA) is 77.2 Å². The molecule has 1 unspecified atom stereocenters. The third-order valence-electron chi connectivity index (χ3n) is 2.69. The fourth-order valence-corrected chi connectivity index (χ4v) is 2.25. The van der Waals surface area contributed by atoms with E-state index in [1.807, 2.05) is 0 Å². The second-order valence-corrected chi connectivity index (χ2v) is 5.11. The maximum atomic E-state index is 12.2. The quantitative estimate of drug-likeness (QED) is 0.890. The Hall–Kier alpha value is -2.22. The van der Waals surface area contributed by atoms with Crippen molar-refractivity contribution in [3.8, 4) is 5.75 Å². The van der Waals surface area contributed by atoms with Gasteiger partial charge in [-0.25, -0.2) is 4.98 Å². The summed E-state index contributed by atoms with van der Waals surface area (Å²) < 4.78 is 28.7. The Bertz CT molecular complexity index is 633. The minimum absolute atomic E-state index is 0.0431. The van der Waals surface area contributed by atoms with Crippen LogP contribution in [0.15, 0.2) is 29.6 Å². The number of aromatic nitrogens is 1. The van der Waals surface area contributed by atoms with E-state index in [9.17, 15) is 13.6 Å². The zero-order valence-corrected chi connectivity index (χ0v) is 11.9. The zero-order chi connectivity index (χ0) is 15.4. The Kier molecular flexibility index (Phi) is 4.69. The molecule has 0 aliphatic carbocycles. The summed E-state index contributed by atoms with van der Waals surface area (Å²) in [5.41, 5.74) is 6.33. The van der Waals surface area contributed by atoms with Crippen LogP contribution in [0.2, 0.25) is 0 Å². The van der Waals surface area contributed by atoms with E-state index in [0.717, 1.165) is 0 Å². The third kappa shape index (κ3) is 4.12. The number of ether oxygens (including phenoxy) is 1. The Morgan fingerprint density at radius 1 is 1.48 bits per heavy atom. The Morgan fingerprint density at radius 2 is 2.24 bits per heavy atom. The molecule has 8 heteroatoms. The van der Waals surface area contributed by atoms with Crippen molar-refractivity contribution in [3.05, 3.63) is 40.9 Å². The average molecular weight is 313 g/mol. The number of nitrogens with zero attached hydrogens (tertiary/aromatic N) is 1. The fraction of sp³-hybridized carbons (Fsp3) is 0.231. The lowest BCUT2D eigenvalue weighted by Gasteiger charge is -2.14. The number of thiazole rings is 1. The number of nitrogen functional groups attached to an aromatic ring is 1. The van der Waals surface area contributed by atoms with Crippen LogP contribution in [0.25, 0.3) is 0 Å². The van der Waals surface area contributed by atoms with Crippen LogP contribution in [0, 0.1) is 0 Å². The van der Waals surface area contributed by atoms with Gasteiger partial charge in [0.1, 0.15) is 11.4 Å². The van der Waals surface area contributed by atoms with Crippen LogP contribution in [0.5, 0.6) is 5.75 Å². The van der Waals surface area contributed by atoms with Crippen molar-refractivity contribution in [1.82, 2.24) is 10.3 Å². The predicted octanol–water partition coefficient (Wildman–Crippen LogP) is 2.82. The number of halogens is 2. The van der Waals surface area contributed by atoms with Gasteiger partial charge in [-0.15, -0.1) is 11.3 Å². The summed E-state index contributed by atoms with van der Waals surface area (Å²) in [5, 5.41) is 4.57. The van der Waals surface area contributed by atoms with Crippen molar-refractivity contribution in [2.75, 3.05) is 5.73 Å². The highest BCUT2D eigenvalue weighted by molar-refractivity contribution is 7.13. The number of nitrogens with two attached hydrogens (primary N) is 1. The number of hydrogen-bond acceptors (Lipinski definition) is 5. The van der Waals surface area contributed by atoms with Gasteiger partial charge >= 0.3 is 6.61 Å². The molecule has 0 spiro atoms. The van der Waals surface area contributed by atoms with Crippen molar-refractivity contribution in [1.29, 1.82) is 0 Å². The van der Waals surface area contributed by atoms with Gasteiger partial charge in [0.05, 0.1) is 6.04 Å². The highest BCUT2D eigenvalue weighted by Gasteiger charge is 2.15. The van der Waals surface area contributed by atoms with E-state index in [1.165, 1.54) is 23.5 Å². The number of rotatable bonds is 5. The lowest BCUT2D eigenvalue weighted by atomic mass is 10.1. The molecule has 0 saturated heterocycles. The van der Waals surface area contributed by atoms with Crippen LogP contribution in [0.4, 0.5) is 13.9 Å². The van der Waals surface area contributed by atoms with Crippen molar-refractivity contribution >= 4 is 22.4 Å². The van der Waals surface area contributed by atoms with Gasteiger partial charge in [-0.3, -0.25) is 4.79 Å². The first kappa shape index (κ1) is 15.2. The molecule has 0 radical (unpaired) electrons. The normalized spacial score (nSPS) is 12.2. The molecule has 0 fully saturated rings. The lowest BCUT2D eigenvalue weighted by Crippen LogP contribution is -2.27. The summed E-state index contributed by atoms with van der Waals surface area (Å²) in [6.45, 7) is -1.15. The van der Waals surface area contributed by atoms with E-state index in [-0.39, 0.29) is 23.4 Å². The first-order chi connectivity index (χ1) is 9.95. The molecular weight excluding hydrogens is 300 g/mol. The molecule has 2 aromatic rings. The number of anilines is 1. The summed E-state index contributed by atoms with van der Waals surface area (Å²) in [7, 11) is 0. The van der Waals surface area contributed by atoms with Gasteiger partial charge in [-0.2, -0.15) is 8.78 Å². The summed E-state index contributed by atoms with van der Waals surface area (Å²) in [6.07, 6.45) is 0. The van der Waals surface area contributed by atoms with Crippen molar-refractivity contribution < 1.29 is 18.3 Å². The third-order valence-corrected chi connectivity index (χ3v) is 3.36. The molecular formula is C13H13F2N3O2S. The van der Waals surface area contributed by atoms with Gasteiger partial charge in [0.15, 0.2) is 5.13 Å². The highest BCUT2D eigenvalue weighted by atomic mass is 32.1. The maximum Gasteiger partial charge on any atom is 0.387 e. The molecule has 0 aliphatic rings. The SMILES string of the molecule is CC(NC(=O)c1csc(N)n1)c1cccc(OC(F)F)c1. The number of carbonyl (C=O) groups excluding carboxylic acids is 1. The summed E-state index contributed by atoms with van der Waals surface area (Å²) >= 11 is 1.17. The van der Waals surface area contributed by atoms with Gasteiger partial charge in [0.2, 0.25) is 0 Å². The molecule has 1 amide bonds. The van der Waals surface area contributed by atoms with Crippen LogP contribution >= 0.6 is 11.3 Å². The van der Waals surface area contributed by atoms with Crippen LogP contribution in [0.1, 0.15) is 29.0 Å². The number of alkyl halides is 2. The summed E-state index contributed by atoms with van der Waals surface area (Å²) in [4.78, 5) is 15.8. The van der Waals surface area contributed by atoms with E-state index >= 15 is 0 Å². The minimum Gasteiger partial charge on any atom is -0.435 e. The van der Waals surface area contributed by atoms with Gasteiger partial charge in [-0.05, 0) is 24.6 Å². The number of carbonyl (C=O) groups is 1. The highest BCUT2D eigenvalue weighted by Crippen LogP contribution is 2.21. The second kappa shape index (κ2) is 6.49. The molecule has 0 aliphatic heterocycles. The molecule has 1 aromatic heterocycles. The standard InChI is InChI=1S/C13H13F2N3O2S/c1-7(17-11(19)10-6-21-13(16)18-10)8-3-2-4-9(5-8)20-12(14)15/h2-7,12H,1H3,(H2,16,18)(H,17,19). The Morgan fingerprint density at radius 3 is 2.86 bits per heavy atom. The molecule has 21 heavy (non-hydrogen) atoms. The van der Waals surface area contributed by atoms with Crippen LogP contribution in [0.3, 0.4) is 0 Å². The summed E-state index contributed by atoms with van der Waals surface area (Å²) in [5.74, 6) is -0.336. The van der Waals surface area contributed by atoms with Gasteiger partial charge in [0.25, 0.3) is 5.91 Å². The van der Waals surface area contributed by atoms with E-state index in [4.69, 9.17) is 5.73 Å². The van der Waals surface area contributed by atoms with E-state index in [0.29, 0.717) is 10.7 Å². The second-order valence-electron chi connectivity index (χ2n) is 4.22. The first-order valence-corrected chi connectivity index (χ1v) is 6.90. The van der Waals surface area contributed by atoms with E-state index < -0.39 is 6.61 Å². The zero-order valence-electron chi connectivity index (χ0n) is 11.0. The van der Waals surface area contributed by atoms with Gasteiger partial charge in [0, 0.05) is 5.38 Å². The van der Waals surface area contributed by atoms with Crippen LogP contribution < -0.4 is 15.8 Å². The van der Waals surface area contributed by atoms with Crippen molar-refractivity contribution in [2.45, 2.75) is 19.6 Å². The number of benzene rings is 1. The molecule has 1 heterocycles. The molecule has 3 N–H and O–H groups in total. The Balaban J connectivity index is 2.06. The van der Waals surface area contributed by atoms with Crippen molar-refractivity contribution in [3.63, 3.8) is 0 Å². The van der Waals surface area contributed by atoms with E-state index in [2.05, 4.69) is 15.0 Å². The molecule has 1 aromatic carbocycles. The summed E-state index contributed by atoms with van der Waals surface area (Å²) in [6, 6.07) is 5.77. The molecule has 112 valence electrons. The average Bonchev–Trinajstić information content (AvgIpc) is 2.85. The van der Waals surface area contributed by atoms with Crippen LogP contribution in [-0.2, 0) is 0 Å². The molecule has 1 atom stereocenters. The monoisotopic (exact) mass is 313 g/mol. The molecule has 2 rings (SSSR count). The largest absolute Gasteiger partial charge is 0.435 e. The maximum absolute atomic E-state index is 12.2. The van der Waals surface area contributed by atoms with Gasteiger partial charge in [-0.1, -0.05) is 12.1 Å². The number of amides is 1. The molecule has 0 saturated carbocycles. The number of hydrogen-bond donors (Lipinski definition) is 2. The van der Waals surface area contributed by atoms with Crippen molar-refractivity contribution in [2.24, 2.45) is 0 Å². The van der Waals surface area contributed by atoms with E-state index in [1.54, 1.807) is 24.4 Å². The fourth-order valence-electron chi connectivity index (χ4n) is 1.71. The first-order valence-electron chi connectivity index (χ1n) is 6.02. The minimum atomic E-state index is -2.89. The smallest absolute Gasteiger partial charge is 0.387 e. The molecule has 5 nitrogen and oxygen atoms in total. The lowest BCUT2D eigenvalue weighted by molar-refractivity contribution is -0.0499.